The molecule has 4 atom stereocenters. The van der Waals surface area contributed by atoms with E-state index in [1.165, 1.54) is 29.5 Å². The highest BCUT2D eigenvalue weighted by atomic mass is 16.5. The Bertz CT molecular complexity index is 856. The molecule has 2 heteroatoms. The fourth-order valence-corrected chi connectivity index (χ4v) is 6.16. The molecule has 2 fully saturated rings. The van der Waals surface area contributed by atoms with E-state index in [2.05, 4.69) is 49.4 Å². The van der Waals surface area contributed by atoms with Crippen molar-refractivity contribution in [3.63, 3.8) is 0 Å². The van der Waals surface area contributed by atoms with Crippen LogP contribution in [0.15, 0.2) is 48.5 Å². The summed E-state index contributed by atoms with van der Waals surface area (Å²) < 4.78 is 6.05. The normalized spacial score (nSPS) is 31.7. The van der Waals surface area contributed by atoms with Gasteiger partial charge >= 0.3 is 0 Å². The van der Waals surface area contributed by atoms with Gasteiger partial charge < -0.3 is 4.74 Å². The Morgan fingerprint density at radius 3 is 2.74 bits per heavy atom. The highest BCUT2D eigenvalue weighted by molar-refractivity contribution is 5.87. The number of hydrogen-bond donors (Lipinski definition) is 0. The topological polar surface area (TPSA) is 26.3 Å². The molecule has 3 aliphatic rings. The molecule has 0 aromatic heterocycles. The van der Waals surface area contributed by atoms with Crippen molar-refractivity contribution in [2.75, 3.05) is 0 Å². The molecule has 2 saturated carbocycles. The molecule has 2 aromatic carbocycles. The number of carbonyl (C=O) groups excluding carboxylic acids is 1. The van der Waals surface area contributed by atoms with Crippen LogP contribution in [0.25, 0.3) is 0 Å². The van der Waals surface area contributed by atoms with E-state index in [1.54, 1.807) is 0 Å². The number of hydrogen-bond acceptors (Lipinski definition) is 2. The Kier molecular flexibility index (Phi) is 4.11. The van der Waals surface area contributed by atoms with E-state index < -0.39 is 0 Å². The average molecular weight is 360 g/mol. The first-order chi connectivity index (χ1) is 13.1. The fraction of sp³-hybridized carbons (Fsp3) is 0.480. The van der Waals surface area contributed by atoms with Gasteiger partial charge in [-0.25, -0.2) is 0 Å². The molecule has 5 rings (SSSR count). The number of benzene rings is 2. The van der Waals surface area contributed by atoms with E-state index in [0.717, 1.165) is 31.4 Å². The Labute approximate surface area is 161 Å². The number of Topliss-reactive ketones (excluding diaryl/α,β-unsaturated/α-hetero) is 1. The first-order valence-corrected chi connectivity index (χ1v) is 10.5. The number of ketones is 1. The van der Waals surface area contributed by atoms with Gasteiger partial charge in [0, 0.05) is 11.8 Å². The van der Waals surface area contributed by atoms with Crippen molar-refractivity contribution in [2.24, 2.45) is 17.3 Å². The summed E-state index contributed by atoms with van der Waals surface area (Å²) in [6, 6.07) is 17.1. The van der Waals surface area contributed by atoms with Crippen LogP contribution in [0.1, 0.15) is 61.6 Å². The van der Waals surface area contributed by atoms with Crippen LogP contribution in [0.3, 0.4) is 0 Å². The zero-order chi connectivity index (χ0) is 18.4. The number of carbonyl (C=O) groups is 1. The molecule has 2 nitrogen and oxygen atoms in total. The summed E-state index contributed by atoms with van der Waals surface area (Å²) in [6.45, 7) is 2.87. The van der Waals surface area contributed by atoms with Crippen molar-refractivity contribution in [3.05, 3.63) is 65.2 Å². The van der Waals surface area contributed by atoms with Gasteiger partial charge in [-0.3, -0.25) is 4.79 Å². The Morgan fingerprint density at radius 2 is 1.89 bits per heavy atom. The van der Waals surface area contributed by atoms with E-state index in [-0.39, 0.29) is 5.41 Å². The van der Waals surface area contributed by atoms with Crippen LogP contribution in [0, 0.1) is 17.3 Å². The van der Waals surface area contributed by atoms with Gasteiger partial charge in [0.1, 0.15) is 18.1 Å². The van der Waals surface area contributed by atoms with E-state index in [4.69, 9.17) is 4.74 Å². The Morgan fingerprint density at radius 1 is 1.04 bits per heavy atom. The summed E-state index contributed by atoms with van der Waals surface area (Å²) >= 11 is 0. The summed E-state index contributed by atoms with van der Waals surface area (Å²) in [5, 5.41) is 0. The van der Waals surface area contributed by atoms with Crippen molar-refractivity contribution >= 4 is 5.78 Å². The third-order valence-electron chi connectivity index (χ3n) is 7.66. The summed E-state index contributed by atoms with van der Waals surface area (Å²) in [5.41, 5.74) is 4.17. The summed E-state index contributed by atoms with van der Waals surface area (Å²) in [7, 11) is 0. The van der Waals surface area contributed by atoms with Gasteiger partial charge in [0.25, 0.3) is 0 Å². The van der Waals surface area contributed by atoms with Crippen LogP contribution in [0.2, 0.25) is 0 Å². The number of fused-ring (bicyclic) bond motifs is 5. The molecule has 4 unspecified atom stereocenters. The lowest BCUT2D eigenvalue weighted by Crippen LogP contribution is -2.42. The predicted octanol–water partition coefficient (Wildman–Crippen LogP) is 5.69. The van der Waals surface area contributed by atoms with E-state index in [9.17, 15) is 4.79 Å². The standard InChI is InChI=1S/C25H28O2/c1-25-14-13-21-20-10-8-19(27-16-17-5-3-2-4-6-17)15-18(20)7-9-22(21)23(25)11-12-24(25)26/h2-6,8,10,15,21-23H,7,9,11-14,16H2,1H3. The van der Waals surface area contributed by atoms with Crippen molar-refractivity contribution in [3.8, 4) is 5.75 Å². The van der Waals surface area contributed by atoms with Crippen LogP contribution in [-0.4, -0.2) is 5.78 Å². The van der Waals surface area contributed by atoms with Crippen LogP contribution >= 0.6 is 0 Å². The molecule has 0 heterocycles. The van der Waals surface area contributed by atoms with Crippen molar-refractivity contribution in [1.29, 1.82) is 0 Å². The maximum absolute atomic E-state index is 12.5. The maximum Gasteiger partial charge on any atom is 0.139 e. The molecular weight excluding hydrogens is 332 g/mol. The second kappa shape index (κ2) is 6.51. The number of aryl methyl sites for hydroxylation is 1. The van der Waals surface area contributed by atoms with Gasteiger partial charge in [0.05, 0.1) is 0 Å². The summed E-state index contributed by atoms with van der Waals surface area (Å²) in [5.74, 6) is 3.44. The molecule has 2 aromatic rings. The molecule has 3 aliphatic carbocycles. The predicted molar refractivity (Wildman–Crippen MR) is 107 cm³/mol. The Hall–Kier alpha value is -2.09. The van der Waals surface area contributed by atoms with E-state index >= 15 is 0 Å². The second-order valence-electron chi connectivity index (χ2n) is 8.97. The van der Waals surface area contributed by atoms with Crippen LogP contribution in [-0.2, 0) is 17.8 Å². The third kappa shape index (κ3) is 2.81. The fourth-order valence-electron chi connectivity index (χ4n) is 6.16. The second-order valence-corrected chi connectivity index (χ2v) is 8.97. The minimum Gasteiger partial charge on any atom is -0.489 e. The van der Waals surface area contributed by atoms with Crippen molar-refractivity contribution in [2.45, 2.75) is 58.0 Å². The number of ether oxygens (including phenoxy) is 1. The van der Waals surface area contributed by atoms with Gasteiger partial charge in [0.2, 0.25) is 0 Å². The molecule has 0 bridgehead atoms. The highest BCUT2D eigenvalue weighted by Gasteiger charge is 2.54. The average Bonchev–Trinajstić information content (AvgIpc) is 3.01. The Balaban J connectivity index is 1.35. The minimum absolute atomic E-state index is 0.0304. The molecule has 0 saturated heterocycles. The minimum atomic E-state index is -0.0304. The van der Waals surface area contributed by atoms with Gasteiger partial charge in [-0.15, -0.1) is 0 Å². The van der Waals surface area contributed by atoms with Crippen LogP contribution in [0.4, 0.5) is 0 Å². The van der Waals surface area contributed by atoms with Gasteiger partial charge in [-0.05, 0) is 78.7 Å². The van der Waals surface area contributed by atoms with Gasteiger partial charge in [-0.1, -0.05) is 43.3 Å². The van der Waals surface area contributed by atoms with Crippen LogP contribution in [0.5, 0.6) is 5.75 Å². The zero-order valence-corrected chi connectivity index (χ0v) is 16.1. The van der Waals surface area contributed by atoms with Crippen molar-refractivity contribution < 1.29 is 9.53 Å². The van der Waals surface area contributed by atoms with Gasteiger partial charge in [-0.2, -0.15) is 0 Å². The van der Waals surface area contributed by atoms with Crippen molar-refractivity contribution in [1.82, 2.24) is 0 Å². The lowest BCUT2D eigenvalue weighted by atomic mass is 9.55. The lowest BCUT2D eigenvalue weighted by molar-refractivity contribution is -0.129. The molecule has 0 aliphatic heterocycles. The molecule has 0 amide bonds. The molecule has 27 heavy (non-hydrogen) atoms. The van der Waals surface area contributed by atoms with E-state index in [1.807, 2.05) is 6.07 Å². The molecular formula is C25H28O2. The lowest BCUT2D eigenvalue weighted by Gasteiger charge is -2.48. The maximum atomic E-state index is 12.5. The number of rotatable bonds is 3. The quantitative estimate of drug-likeness (QED) is 0.703. The largest absolute Gasteiger partial charge is 0.489 e. The first-order valence-electron chi connectivity index (χ1n) is 10.5. The van der Waals surface area contributed by atoms with E-state index in [0.29, 0.717) is 30.1 Å². The molecule has 0 radical (unpaired) electrons. The first kappa shape index (κ1) is 17.0. The molecule has 140 valence electrons. The van der Waals surface area contributed by atoms with Gasteiger partial charge in [0.15, 0.2) is 0 Å². The monoisotopic (exact) mass is 360 g/mol. The molecule has 0 spiro atoms. The SMILES string of the molecule is CC12CCC3c4ccc(OCc5ccccc5)cc4CCC3C1CCC2=O. The third-order valence-corrected chi connectivity index (χ3v) is 7.66. The zero-order valence-electron chi connectivity index (χ0n) is 16.1. The summed E-state index contributed by atoms with van der Waals surface area (Å²) in [6.07, 6.45) is 6.52. The van der Waals surface area contributed by atoms with Crippen LogP contribution < -0.4 is 4.74 Å². The smallest absolute Gasteiger partial charge is 0.139 e. The molecule has 0 N–H and O–H groups in total. The summed E-state index contributed by atoms with van der Waals surface area (Å²) in [4.78, 5) is 12.5. The highest BCUT2D eigenvalue weighted by Crippen LogP contribution is 2.59.